The van der Waals surface area contributed by atoms with Crippen LogP contribution in [0.25, 0.3) is 0 Å². The van der Waals surface area contributed by atoms with Crippen LogP contribution < -0.4 is 5.32 Å². The van der Waals surface area contributed by atoms with Gasteiger partial charge in [0.1, 0.15) is 5.82 Å². The molecule has 2 saturated heterocycles. The van der Waals surface area contributed by atoms with Gasteiger partial charge in [-0.2, -0.15) is 0 Å². The molecule has 3 atom stereocenters. The molecule has 1 saturated carbocycles. The molecule has 1 amide bonds. The maximum absolute atomic E-state index is 13.7. The Hall–Kier alpha value is -1.46. The number of amides is 1. The molecule has 1 aromatic carbocycles. The third kappa shape index (κ3) is 3.26. The van der Waals surface area contributed by atoms with Gasteiger partial charge in [0.2, 0.25) is 5.91 Å². The number of benzene rings is 1. The number of carbonyl (C=O) groups is 1. The molecule has 2 heterocycles. The van der Waals surface area contributed by atoms with Gasteiger partial charge in [-0.05, 0) is 31.7 Å². The van der Waals surface area contributed by atoms with Crippen LogP contribution in [0.3, 0.4) is 0 Å². The van der Waals surface area contributed by atoms with Crippen molar-refractivity contribution >= 4 is 5.91 Å². The van der Waals surface area contributed by atoms with Gasteiger partial charge < -0.3 is 10.1 Å². The number of rotatable bonds is 5. The minimum atomic E-state index is -0.131. The van der Waals surface area contributed by atoms with Crippen LogP contribution in [0.5, 0.6) is 0 Å². The fourth-order valence-electron chi connectivity index (χ4n) is 3.64. The number of halogens is 1. The molecular formula is C18H23FN2O2. The summed E-state index contributed by atoms with van der Waals surface area (Å²) in [5.74, 6) is 0.310. The molecule has 0 radical (unpaired) electrons. The van der Waals surface area contributed by atoms with Crippen LogP contribution >= 0.6 is 0 Å². The third-order valence-electron chi connectivity index (χ3n) is 5.25. The second-order valence-electron chi connectivity index (χ2n) is 6.98. The number of nitrogens with one attached hydrogen (secondary N) is 1. The Labute approximate surface area is 136 Å². The summed E-state index contributed by atoms with van der Waals surface area (Å²) < 4.78 is 19.8. The Bertz CT molecular complexity index is 590. The second kappa shape index (κ2) is 6.21. The largest absolute Gasteiger partial charge is 0.370 e. The predicted octanol–water partition coefficient (Wildman–Crippen LogP) is 2.08. The van der Waals surface area contributed by atoms with E-state index in [-0.39, 0.29) is 29.9 Å². The molecule has 1 aromatic rings. The van der Waals surface area contributed by atoms with Crippen molar-refractivity contribution < 1.29 is 13.9 Å². The van der Waals surface area contributed by atoms with E-state index in [9.17, 15) is 9.18 Å². The maximum atomic E-state index is 13.7. The molecule has 3 fully saturated rings. The van der Waals surface area contributed by atoms with E-state index in [1.807, 2.05) is 12.1 Å². The second-order valence-corrected chi connectivity index (χ2v) is 6.98. The summed E-state index contributed by atoms with van der Waals surface area (Å²) in [5.41, 5.74) is 0.754. The van der Waals surface area contributed by atoms with Gasteiger partial charge in [0.25, 0.3) is 0 Å². The number of hydrogen-bond acceptors (Lipinski definition) is 3. The van der Waals surface area contributed by atoms with Crippen molar-refractivity contribution in [3.05, 3.63) is 35.6 Å². The summed E-state index contributed by atoms with van der Waals surface area (Å²) in [5, 5.41) is 3.01. The lowest BCUT2D eigenvalue weighted by Gasteiger charge is -2.52. The maximum Gasteiger partial charge on any atom is 0.223 e. The number of fused-ring (bicyclic) bond motifs is 1. The van der Waals surface area contributed by atoms with Gasteiger partial charge in [-0.1, -0.05) is 18.2 Å². The first-order valence-electron chi connectivity index (χ1n) is 8.61. The molecule has 4 rings (SSSR count). The van der Waals surface area contributed by atoms with E-state index in [1.165, 1.54) is 6.07 Å². The first-order valence-corrected chi connectivity index (χ1v) is 8.61. The number of likely N-dealkylation sites (tertiary alicyclic amines) is 1. The van der Waals surface area contributed by atoms with Crippen molar-refractivity contribution in [1.29, 1.82) is 0 Å². The first-order chi connectivity index (χ1) is 11.2. The fourth-order valence-corrected chi connectivity index (χ4v) is 3.64. The molecular weight excluding hydrogens is 295 g/mol. The van der Waals surface area contributed by atoms with Gasteiger partial charge in [0.05, 0.1) is 12.2 Å². The zero-order chi connectivity index (χ0) is 15.8. The summed E-state index contributed by atoms with van der Waals surface area (Å²) in [6, 6.07) is 7.36. The van der Waals surface area contributed by atoms with Crippen molar-refractivity contribution in [2.45, 2.75) is 50.5 Å². The molecule has 1 aliphatic carbocycles. The average molecular weight is 318 g/mol. The van der Waals surface area contributed by atoms with Crippen molar-refractivity contribution in [2.75, 3.05) is 13.1 Å². The van der Waals surface area contributed by atoms with Crippen molar-refractivity contribution in [1.82, 2.24) is 10.2 Å². The molecule has 2 aliphatic heterocycles. The lowest BCUT2D eigenvalue weighted by atomic mass is 9.89. The topological polar surface area (TPSA) is 41.6 Å². The van der Waals surface area contributed by atoms with E-state index >= 15 is 0 Å². The minimum absolute atomic E-state index is 0.131. The van der Waals surface area contributed by atoms with Gasteiger partial charge >= 0.3 is 0 Å². The molecule has 0 bridgehead atoms. The standard InChI is InChI=1S/C18H23FN2O2/c19-15-4-2-1-3-13(15)10-21-11-17-16(21)8-7-14(23-17)9-20-18(22)12-5-6-12/h1-4,12,14,16-17H,5-11H2,(H,20,22)/t14-,16+,17+/m0/s1. The Morgan fingerprint density at radius 2 is 2.09 bits per heavy atom. The highest BCUT2D eigenvalue weighted by atomic mass is 19.1. The number of carbonyl (C=O) groups excluding carboxylic acids is 1. The van der Waals surface area contributed by atoms with E-state index in [4.69, 9.17) is 4.74 Å². The van der Waals surface area contributed by atoms with E-state index in [2.05, 4.69) is 10.2 Å². The van der Waals surface area contributed by atoms with Crippen LogP contribution in [0.2, 0.25) is 0 Å². The number of hydrogen-bond donors (Lipinski definition) is 1. The quantitative estimate of drug-likeness (QED) is 0.904. The monoisotopic (exact) mass is 318 g/mol. The van der Waals surface area contributed by atoms with Crippen LogP contribution in [0.1, 0.15) is 31.2 Å². The predicted molar refractivity (Wildman–Crippen MR) is 84.2 cm³/mol. The van der Waals surface area contributed by atoms with Crippen molar-refractivity contribution in [3.8, 4) is 0 Å². The van der Waals surface area contributed by atoms with Crippen LogP contribution in [-0.4, -0.2) is 42.1 Å². The highest BCUT2D eigenvalue weighted by molar-refractivity contribution is 5.80. The normalized spacial score (nSPS) is 30.4. The first kappa shape index (κ1) is 15.1. The number of nitrogens with zero attached hydrogens (tertiary/aromatic N) is 1. The highest BCUT2D eigenvalue weighted by Gasteiger charge is 2.44. The Morgan fingerprint density at radius 1 is 1.26 bits per heavy atom. The Balaban J connectivity index is 1.24. The fraction of sp³-hybridized carbons (Fsp3) is 0.611. The van der Waals surface area contributed by atoms with Crippen LogP contribution in [0, 0.1) is 11.7 Å². The summed E-state index contributed by atoms with van der Waals surface area (Å²) in [6.07, 6.45) is 4.45. The van der Waals surface area contributed by atoms with Crippen LogP contribution in [-0.2, 0) is 16.1 Å². The SMILES string of the molecule is O=C(NC[C@@H]1CC[C@@H]2[C@@H](CN2Cc2ccccc2F)O1)C1CC1. The minimum Gasteiger partial charge on any atom is -0.370 e. The zero-order valence-electron chi connectivity index (χ0n) is 13.2. The van der Waals surface area contributed by atoms with Crippen LogP contribution in [0.4, 0.5) is 4.39 Å². The van der Waals surface area contributed by atoms with E-state index in [1.54, 1.807) is 6.07 Å². The van der Waals surface area contributed by atoms with E-state index in [0.717, 1.165) is 37.8 Å². The van der Waals surface area contributed by atoms with Crippen molar-refractivity contribution in [2.24, 2.45) is 5.92 Å². The van der Waals surface area contributed by atoms with Gasteiger partial charge in [-0.25, -0.2) is 4.39 Å². The van der Waals surface area contributed by atoms with Crippen molar-refractivity contribution in [3.63, 3.8) is 0 Å². The summed E-state index contributed by atoms with van der Waals surface area (Å²) in [4.78, 5) is 14.0. The van der Waals surface area contributed by atoms with E-state index in [0.29, 0.717) is 19.1 Å². The molecule has 5 heteroatoms. The Morgan fingerprint density at radius 3 is 2.83 bits per heavy atom. The molecule has 0 unspecified atom stereocenters. The molecule has 1 N–H and O–H groups in total. The van der Waals surface area contributed by atoms with Gasteiger partial charge in [-0.15, -0.1) is 0 Å². The summed E-state index contributed by atoms with van der Waals surface area (Å²) in [7, 11) is 0. The lowest BCUT2D eigenvalue weighted by molar-refractivity contribution is -0.169. The highest BCUT2D eigenvalue weighted by Crippen LogP contribution is 2.34. The van der Waals surface area contributed by atoms with Crippen LogP contribution in [0.15, 0.2) is 24.3 Å². The van der Waals surface area contributed by atoms with Gasteiger partial charge in [0, 0.05) is 37.2 Å². The molecule has 0 aromatic heterocycles. The third-order valence-corrected chi connectivity index (χ3v) is 5.25. The molecule has 124 valence electrons. The molecule has 23 heavy (non-hydrogen) atoms. The molecule has 0 spiro atoms. The summed E-state index contributed by atoms with van der Waals surface area (Å²) in [6.45, 7) is 2.14. The van der Waals surface area contributed by atoms with Gasteiger partial charge in [0.15, 0.2) is 0 Å². The Kier molecular flexibility index (Phi) is 4.07. The smallest absolute Gasteiger partial charge is 0.223 e. The lowest BCUT2D eigenvalue weighted by Crippen LogP contribution is -2.64. The van der Waals surface area contributed by atoms with Gasteiger partial charge in [-0.3, -0.25) is 9.69 Å². The molecule has 3 aliphatic rings. The van der Waals surface area contributed by atoms with E-state index < -0.39 is 0 Å². The zero-order valence-corrected chi connectivity index (χ0v) is 13.2. The average Bonchev–Trinajstić information content (AvgIpc) is 3.37. The number of ether oxygens (including phenoxy) is 1. The molecule has 4 nitrogen and oxygen atoms in total. The summed E-state index contributed by atoms with van der Waals surface area (Å²) >= 11 is 0.